The lowest BCUT2D eigenvalue weighted by Gasteiger charge is -2.21. The minimum absolute atomic E-state index is 0.364. The van der Waals surface area contributed by atoms with E-state index in [1.807, 2.05) is 29.2 Å². The van der Waals surface area contributed by atoms with E-state index in [4.69, 9.17) is 0 Å². The Balaban J connectivity index is 1.95. The molecule has 2 aromatic rings. The van der Waals surface area contributed by atoms with E-state index >= 15 is 0 Å². The number of pyridine rings is 1. The number of carboxylic acid groups (broad SMARTS) is 1. The Labute approximate surface area is 125 Å². The van der Waals surface area contributed by atoms with Crippen LogP contribution in [0.25, 0.3) is 10.9 Å². The van der Waals surface area contributed by atoms with Gasteiger partial charge in [0.1, 0.15) is 6.04 Å². The van der Waals surface area contributed by atoms with E-state index in [-0.39, 0.29) is 6.04 Å². The molecule has 0 bridgehead atoms. The molecule has 1 atom stereocenters. The number of carbonyl (C=O) groups is 1. The summed E-state index contributed by atoms with van der Waals surface area (Å²) >= 11 is 3.53. The molecule has 0 aliphatic carbocycles. The van der Waals surface area contributed by atoms with Gasteiger partial charge in [0.2, 0.25) is 0 Å². The Kier molecular flexibility index (Phi) is 3.72. The predicted molar refractivity (Wildman–Crippen MR) is 80.5 cm³/mol. The molecule has 4 nitrogen and oxygen atoms in total. The van der Waals surface area contributed by atoms with Crippen molar-refractivity contribution < 1.29 is 9.90 Å². The molecule has 0 saturated carbocycles. The van der Waals surface area contributed by atoms with Crippen molar-refractivity contribution in [2.45, 2.75) is 25.4 Å². The van der Waals surface area contributed by atoms with Gasteiger partial charge < -0.3 is 5.11 Å². The highest BCUT2D eigenvalue weighted by molar-refractivity contribution is 9.10. The number of aromatic nitrogens is 1. The number of aliphatic carboxylic acids is 1. The van der Waals surface area contributed by atoms with Crippen molar-refractivity contribution in [2.24, 2.45) is 0 Å². The highest BCUT2D eigenvalue weighted by Gasteiger charge is 2.30. The quantitative estimate of drug-likeness (QED) is 0.937. The topological polar surface area (TPSA) is 53.4 Å². The van der Waals surface area contributed by atoms with E-state index in [0.29, 0.717) is 6.54 Å². The monoisotopic (exact) mass is 334 g/mol. The summed E-state index contributed by atoms with van der Waals surface area (Å²) in [6.07, 6.45) is 3.45. The molecule has 5 heteroatoms. The van der Waals surface area contributed by atoms with Crippen LogP contribution in [0.4, 0.5) is 0 Å². The van der Waals surface area contributed by atoms with E-state index in [0.717, 1.165) is 40.3 Å². The van der Waals surface area contributed by atoms with Gasteiger partial charge in [0.25, 0.3) is 0 Å². The summed E-state index contributed by atoms with van der Waals surface area (Å²) in [6, 6.07) is 7.60. The van der Waals surface area contributed by atoms with Crippen LogP contribution in [0.15, 0.2) is 34.9 Å². The van der Waals surface area contributed by atoms with Gasteiger partial charge in [0.05, 0.1) is 5.52 Å². The van der Waals surface area contributed by atoms with E-state index < -0.39 is 5.97 Å². The van der Waals surface area contributed by atoms with Crippen molar-refractivity contribution in [1.82, 2.24) is 9.88 Å². The zero-order valence-electron chi connectivity index (χ0n) is 10.9. The fourth-order valence-electron chi connectivity index (χ4n) is 2.84. The van der Waals surface area contributed by atoms with Crippen LogP contribution in [-0.4, -0.2) is 33.5 Å². The smallest absolute Gasteiger partial charge is 0.320 e. The maximum atomic E-state index is 11.3. The highest BCUT2D eigenvalue weighted by Crippen LogP contribution is 2.28. The summed E-state index contributed by atoms with van der Waals surface area (Å²) in [6.45, 7) is 1.47. The Morgan fingerprint density at radius 1 is 1.45 bits per heavy atom. The largest absolute Gasteiger partial charge is 0.480 e. The fraction of sp³-hybridized carbons (Fsp3) is 0.333. The third-order valence-corrected chi connectivity index (χ3v) is 4.51. The summed E-state index contributed by atoms with van der Waals surface area (Å²) in [5.41, 5.74) is 2.02. The predicted octanol–water partition coefficient (Wildman–Crippen LogP) is 3.05. The molecule has 0 unspecified atom stereocenters. The zero-order valence-corrected chi connectivity index (χ0v) is 12.5. The minimum Gasteiger partial charge on any atom is -0.480 e. The second-order valence-electron chi connectivity index (χ2n) is 5.07. The van der Waals surface area contributed by atoms with Gasteiger partial charge in [0.15, 0.2) is 0 Å². The number of benzene rings is 1. The molecular weight excluding hydrogens is 320 g/mol. The van der Waals surface area contributed by atoms with Gasteiger partial charge in [-0.25, -0.2) is 0 Å². The third kappa shape index (κ3) is 2.43. The van der Waals surface area contributed by atoms with E-state index in [9.17, 15) is 9.90 Å². The number of likely N-dealkylation sites (tertiary alicyclic amines) is 1. The van der Waals surface area contributed by atoms with Crippen molar-refractivity contribution in [3.8, 4) is 0 Å². The van der Waals surface area contributed by atoms with Crippen molar-refractivity contribution >= 4 is 32.8 Å². The van der Waals surface area contributed by atoms with Gasteiger partial charge in [-0.15, -0.1) is 0 Å². The fourth-order valence-corrected chi connectivity index (χ4v) is 3.29. The van der Waals surface area contributed by atoms with Gasteiger partial charge in [-0.2, -0.15) is 0 Å². The highest BCUT2D eigenvalue weighted by atomic mass is 79.9. The molecule has 20 heavy (non-hydrogen) atoms. The average Bonchev–Trinajstić information content (AvgIpc) is 2.91. The van der Waals surface area contributed by atoms with Crippen LogP contribution in [0.3, 0.4) is 0 Å². The molecule has 1 saturated heterocycles. The lowest BCUT2D eigenvalue weighted by Crippen LogP contribution is -2.35. The van der Waals surface area contributed by atoms with Crippen molar-refractivity contribution in [2.75, 3.05) is 6.54 Å². The van der Waals surface area contributed by atoms with E-state index in [1.165, 1.54) is 0 Å². The van der Waals surface area contributed by atoms with Gasteiger partial charge in [-0.1, -0.05) is 28.1 Å². The molecule has 104 valence electrons. The van der Waals surface area contributed by atoms with Gasteiger partial charge in [0, 0.05) is 22.6 Å². The Morgan fingerprint density at radius 2 is 2.30 bits per heavy atom. The lowest BCUT2D eigenvalue weighted by molar-refractivity contribution is -0.142. The van der Waals surface area contributed by atoms with Crippen LogP contribution in [-0.2, 0) is 11.3 Å². The standard InChI is InChI=1S/C15H15BrN2O2/c16-12-6-5-10(14-11(12)3-1-7-17-14)9-18-8-2-4-13(18)15(19)20/h1,3,5-7,13H,2,4,8-9H2,(H,19,20)/t13-/m0/s1. The molecule has 1 aromatic heterocycles. The zero-order chi connectivity index (χ0) is 14.1. The minimum atomic E-state index is -0.725. The molecule has 0 amide bonds. The van der Waals surface area contributed by atoms with Crippen LogP contribution in [0.2, 0.25) is 0 Å². The molecule has 0 spiro atoms. The van der Waals surface area contributed by atoms with E-state index in [2.05, 4.69) is 20.9 Å². The number of hydrogen-bond acceptors (Lipinski definition) is 3. The average molecular weight is 335 g/mol. The molecular formula is C15H15BrN2O2. The third-order valence-electron chi connectivity index (χ3n) is 3.82. The number of nitrogens with zero attached hydrogens (tertiary/aromatic N) is 2. The summed E-state index contributed by atoms with van der Waals surface area (Å²) < 4.78 is 1.01. The summed E-state index contributed by atoms with van der Waals surface area (Å²) in [4.78, 5) is 17.7. The van der Waals surface area contributed by atoms with Gasteiger partial charge >= 0.3 is 5.97 Å². The molecule has 1 fully saturated rings. The van der Waals surface area contributed by atoms with Crippen LogP contribution in [0.1, 0.15) is 18.4 Å². The summed E-state index contributed by atoms with van der Waals surface area (Å²) in [5.74, 6) is -0.725. The Hall–Kier alpha value is -1.46. The van der Waals surface area contributed by atoms with Crippen LogP contribution >= 0.6 is 15.9 Å². The van der Waals surface area contributed by atoms with E-state index in [1.54, 1.807) is 6.20 Å². The number of halogens is 1. The molecule has 1 aliphatic rings. The molecule has 1 aliphatic heterocycles. The number of hydrogen-bond donors (Lipinski definition) is 1. The first-order valence-corrected chi connectivity index (χ1v) is 7.45. The first kappa shape index (κ1) is 13.5. The lowest BCUT2D eigenvalue weighted by atomic mass is 10.1. The number of carboxylic acids is 1. The van der Waals surface area contributed by atoms with Crippen molar-refractivity contribution in [1.29, 1.82) is 0 Å². The number of fused-ring (bicyclic) bond motifs is 1. The Bertz CT molecular complexity index is 659. The van der Waals surface area contributed by atoms with Gasteiger partial charge in [-0.3, -0.25) is 14.7 Å². The second kappa shape index (κ2) is 5.50. The van der Waals surface area contributed by atoms with Crippen LogP contribution in [0.5, 0.6) is 0 Å². The summed E-state index contributed by atoms with van der Waals surface area (Å²) in [5, 5.41) is 10.3. The van der Waals surface area contributed by atoms with Crippen molar-refractivity contribution in [3.63, 3.8) is 0 Å². The number of rotatable bonds is 3. The summed E-state index contributed by atoms with van der Waals surface area (Å²) in [7, 11) is 0. The molecule has 1 N–H and O–H groups in total. The maximum Gasteiger partial charge on any atom is 0.320 e. The molecule has 1 aromatic carbocycles. The van der Waals surface area contributed by atoms with Crippen LogP contribution in [0, 0.1) is 0 Å². The molecule has 3 rings (SSSR count). The normalized spacial score (nSPS) is 19.6. The first-order chi connectivity index (χ1) is 9.66. The SMILES string of the molecule is O=C(O)[C@@H]1CCCN1Cc1ccc(Br)c2cccnc12. The van der Waals surface area contributed by atoms with Crippen molar-refractivity contribution in [3.05, 3.63) is 40.5 Å². The van der Waals surface area contributed by atoms with Gasteiger partial charge in [-0.05, 0) is 37.1 Å². The second-order valence-corrected chi connectivity index (χ2v) is 5.93. The first-order valence-electron chi connectivity index (χ1n) is 6.66. The van der Waals surface area contributed by atoms with Crippen LogP contribution < -0.4 is 0 Å². The maximum absolute atomic E-state index is 11.3. The molecule has 2 heterocycles. The molecule has 0 radical (unpaired) electrons. The Morgan fingerprint density at radius 3 is 3.10 bits per heavy atom.